The van der Waals surface area contributed by atoms with Crippen LogP contribution in [0.5, 0.6) is 0 Å². The molecule has 1 aromatic rings. The first-order valence-corrected chi connectivity index (χ1v) is 9.24. The summed E-state index contributed by atoms with van der Waals surface area (Å²) in [6, 6.07) is 0. The minimum absolute atomic E-state index is 0.0493. The Balaban J connectivity index is 1.71. The molecule has 0 aliphatic carbocycles. The van der Waals surface area contributed by atoms with Crippen LogP contribution in [0.15, 0.2) is 17.4 Å². The molecule has 0 radical (unpaired) electrons. The molecule has 7 nitrogen and oxygen atoms in total. The maximum atomic E-state index is 12.7. The predicted molar refractivity (Wildman–Crippen MR) is 83.2 cm³/mol. The highest BCUT2D eigenvalue weighted by atomic mass is 32.2. The summed E-state index contributed by atoms with van der Waals surface area (Å²) in [6.07, 6.45) is 4.36. The molecule has 3 heterocycles. The SMILES string of the molecule is Cc1nccnc1S(=O)(=O)N1CCC2(CC1)COC(C)(C)OC2. The molecule has 0 aromatic carbocycles. The van der Waals surface area contributed by atoms with Crippen molar-refractivity contribution in [3.8, 4) is 0 Å². The highest BCUT2D eigenvalue weighted by Gasteiger charge is 2.44. The van der Waals surface area contributed by atoms with Gasteiger partial charge in [-0.2, -0.15) is 4.31 Å². The molecule has 1 spiro atoms. The molecule has 0 bridgehead atoms. The van der Waals surface area contributed by atoms with Crippen LogP contribution in [0.1, 0.15) is 32.4 Å². The third kappa shape index (κ3) is 3.26. The van der Waals surface area contributed by atoms with E-state index < -0.39 is 15.8 Å². The van der Waals surface area contributed by atoms with Crippen LogP contribution >= 0.6 is 0 Å². The van der Waals surface area contributed by atoms with Crippen LogP contribution in [-0.2, 0) is 19.5 Å². The van der Waals surface area contributed by atoms with Crippen molar-refractivity contribution in [2.75, 3.05) is 26.3 Å². The predicted octanol–water partition coefficient (Wildman–Crippen LogP) is 1.34. The smallest absolute Gasteiger partial charge is 0.262 e. The van der Waals surface area contributed by atoms with Gasteiger partial charge in [-0.1, -0.05) is 0 Å². The molecule has 2 fully saturated rings. The number of hydrogen-bond acceptors (Lipinski definition) is 6. The van der Waals surface area contributed by atoms with E-state index in [1.165, 1.54) is 16.7 Å². The minimum atomic E-state index is -3.59. The van der Waals surface area contributed by atoms with Gasteiger partial charge in [-0.25, -0.2) is 13.4 Å². The summed E-state index contributed by atoms with van der Waals surface area (Å²) in [7, 11) is -3.59. The lowest BCUT2D eigenvalue weighted by atomic mass is 9.80. The normalized spacial score (nSPS) is 24.7. The van der Waals surface area contributed by atoms with Gasteiger partial charge in [0, 0.05) is 30.9 Å². The van der Waals surface area contributed by atoms with Crippen molar-refractivity contribution in [3.05, 3.63) is 18.1 Å². The molecule has 2 aliphatic rings. The summed E-state index contributed by atoms with van der Waals surface area (Å²) in [6.45, 7) is 7.58. The molecule has 0 amide bonds. The van der Waals surface area contributed by atoms with E-state index in [-0.39, 0.29) is 10.4 Å². The Morgan fingerprint density at radius 1 is 1.09 bits per heavy atom. The Labute approximate surface area is 137 Å². The summed E-state index contributed by atoms with van der Waals surface area (Å²) in [5, 5.41) is 0.0493. The molecule has 1 aromatic heterocycles. The van der Waals surface area contributed by atoms with E-state index in [2.05, 4.69) is 9.97 Å². The summed E-state index contributed by atoms with van der Waals surface area (Å²) >= 11 is 0. The van der Waals surface area contributed by atoms with Crippen molar-refractivity contribution in [1.29, 1.82) is 0 Å². The fourth-order valence-corrected chi connectivity index (χ4v) is 4.52. The second-order valence-electron chi connectivity index (χ2n) is 6.83. The summed E-state index contributed by atoms with van der Waals surface area (Å²) in [4.78, 5) is 8.04. The van der Waals surface area contributed by atoms with E-state index in [9.17, 15) is 8.42 Å². The fourth-order valence-electron chi connectivity index (χ4n) is 3.00. The van der Waals surface area contributed by atoms with Crippen molar-refractivity contribution in [1.82, 2.24) is 14.3 Å². The molecule has 0 unspecified atom stereocenters. The molecule has 0 saturated carbocycles. The van der Waals surface area contributed by atoms with Crippen molar-refractivity contribution in [3.63, 3.8) is 0 Å². The van der Waals surface area contributed by atoms with Gasteiger partial charge >= 0.3 is 0 Å². The van der Waals surface area contributed by atoms with Crippen molar-refractivity contribution >= 4 is 10.0 Å². The number of sulfonamides is 1. The second-order valence-corrected chi connectivity index (χ2v) is 8.68. The maximum Gasteiger partial charge on any atom is 0.262 e. The number of piperidine rings is 1. The molecule has 8 heteroatoms. The largest absolute Gasteiger partial charge is 0.350 e. The standard InChI is InChI=1S/C15H23N3O4S/c1-12-13(17-7-6-16-12)23(19,20)18-8-4-15(5-9-18)10-21-14(2,3)22-11-15/h6-7H,4-5,8-11H2,1-3H3. The summed E-state index contributed by atoms with van der Waals surface area (Å²) < 4.78 is 38.5. The van der Waals surface area contributed by atoms with Gasteiger partial charge in [0.05, 0.1) is 18.9 Å². The third-order valence-electron chi connectivity index (χ3n) is 4.66. The highest BCUT2D eigenvalue weighted by molar-refractivity contribution is 7.89. The monoisotopic (exact) mass is 341 g/mol. The number of nitrogens with zero attached hydrogens (tertiary/aromatic N) is 3. The zero-order valence-electron chi connectivity index (χ0n) is 13.8. The molecule has 23 heavy (non-hydrogen) atoms. The Kier molecular flexibility index (Phi) is 4.20. The molecular weight excluding hydrogens is 318 g/mol. The van der Waals surface area contributed by atoms with Gasteiger partial charge in [0.2, 0.25) is 0 Å². The lowest BCUT2D eigenvalue weighted by Gasteiger charge is -2.47. The number of ether oxygens (including phenoxy) is 2. The van der Waals surface area contributed by atoms with E-state index in [0.29, 0.717) is 32.0 Å². The van der Waals surface area contributed by atoms with Crippen LogP contribution in [0.25, 0.3) is 0 Å². The van der Waals surface area contributed by atoms with Gasteiger partial charge in [-0.3, -0.25) is 4.98 Å². The molecule has 128 valence electrons. The van der Waals surface area contributed by atoms with Gasteiger partial charge in [0.1, 0.15) is 0 Å². The first-order valence-electron chi connectivity index (χ1n) is 7.80. The van der Waals surface area contributed by atoms with E-state index in [4.69, 9.17) is 9.47 Å². The average molecular weight is 341 g/mol. The molecule has 0 N–H and O–H groups in total. The zero-order valence-corrected chi connectivity index (χ0v) is 14.6. The van der Waals surface area contributed by atoms with E-state index >= 15 is 0 Å². The Morgan fingerprint density at radius 3 is 2.22 bits per heavy atom. The zero-order chi connectivity index (χ0) is 16.7. The third-order valence-corrected chi connectivity index (χ3v) is 6.59. The Bertz CT molecular complexity index is 670. The lowest BCUT2D eigenvalue weighted by Crippen LogP contribution is -2.52. The lowest BCUT2D eigenvalue weighted by molar-refractivity contribution is -0.290. The second kappa shape index (κ2) is 5.77. The molecule has 3 rings (SSSR count). The first kappa shape index (κ1) is 16.8. The average Bonchev–Trinajstić information content (AvgIpc) is 2.52. The fraction of sp³-hybridized carbons (Fsp3) is 0.733. The van der Waals surface area contributed by atoms with Crippen LogP contribution in [-0.4, -0.2) is 54.8 Å². The summed E-state index contributed by atoms with van der Waals surface area (Å²) in [5.74, 6) is -0.550. The van der Waals surface area contributed by atoms with Gasteiger partial charge in [0.15, 0.2) is 10.8 Å². The quantitative estimate of drug-likeness (QED) is 0.807. The highest BCUT2D eigenvalue weighted by Crippen LogP contribution is 2.39. The number of rotatable bonds is 2. The minimum Gasteiger partial charge on any atom is -0.350 e. The number of hydrogen-bond donors (Lipinski definition) is 0. The molecular formula is C15H23N3O4S. The molecule has 2 saturated heterocycles. The van der Waals surface area contributed by atoms with E-state index in [0.717, 1.165) is 12.8 Å². The van der Waals surface area contributed by atoms with Crippen LogP contribution < -0.4 is 0 Å². The Hall–Kier alpha value is -1.09. The topological polar surface area (TPSA) is 81.6 Å². The molecule has 0 atom stereocenters. The van der Waals surface area contributed by atoms with Gasteiger partial charge < -0.3 is 9.47 Å². The Morgan fingerprint density at radius 2 is 1.65 bits per heavy atom. The van der Waals surface area contributed by atoms with Crippen molar-refractivity contribution in [2.45, 2.75) is 44.4 Å². The number of aryl methyl sites for hydroxylation is 1. The van der Waals surface area contributed by atoms with Crippen molar-refractivity contribution in [2.24, 2.45) is 5.41 Å². The van der Waals surface area contributed by atoms with E-state index in [1.54, 1.807) is 6.92 Å². The van der Waals surface area contributed by atoms with Crippen LogP contribution in [0.2, 0.25) is 0 Å². The number of aromatic nitrogens is 2. The van der Waals surface area contributed by atoms with Crippen LogP contribution in [0.4, 0.5) is 0 Å². The van der Waals surface area contributed by atoms with Gasteiger partial charge in [-0.15, -0.1) is 0 Å². The van der Waals surface area contributed by atoms with Gasteiger partial charge in [-0.05, 0) is 33.6 Å². The molecule has 2 aliphatic heterocycles. The summed E-state index contributed by atoms with van der Waals surface area (Å²) in [5.41, 5.74) is 0.345. The van der Waals surface area contributed by atoms with Gasteiger partial charge in [0.25, 0.3) is 10.0 Å². The van der Waals surface area contributed by atoms with E-state index in [1.807, 2.05) is 13.8 Å². The maximum absolute atomic E-state index is 12.7. The van der Waals surface area contributed by atoms with Crippen molar-refractivity contribution < 1.29 is 17.9 Å². The van der Waals surface area contributed by atoms with Crippen LogP contribution in [0, 0.1) is 12.3 Å². The van der Waals surface area contributed by atoms with Crippen LogP contribution in [0.3, 0.4) is 0 Å². The first-order chi connectivity index (χ1) is 10.7.